The summed E-state index contributed by atoms with van der Waals surface area (Å²) in [5.74, 6) is -2.25. The molecule has 12 nitrogen and oxygen atoms in total. The lowest BCUT2D eigenvalue weighted by molar-refractivity contribution is -0.230. The van der Waals surface area contributed by atoms with E-state index < -0.39 is 35.5 Å². The molecule has 1 aromatic rings. The minimum absolute atomic E-state index is 0.00354. The molecule has 190 valence electrons. The quantitative estimate of drug-likeness (QED) is 0.265. The van der Waals surface area contributed by atoms with Crippen molar-refractivity contribution >= 4 is 17.8 Å². The number of nitrogens with one attached hydrogen (secondary N) is 2. The van der Waals surface area contributed by atoms with E-state index in [1.165, 1.54) is 4.90 Å². The van der Waals surface area contributed by atoms with Crippen LogP contribution in [0.2, 0.25) is 0 Å². The van der Waals surface area contributed by atoms with Crippen LogP contribution in [-0.4, -0.2) is 101 Å². The van der Waals surface area contributed by atoms with Gasteiger partial charge in [-0.15, -0.1) is 0 Å². The Morgan fingerprint density at radius 2 is 2.06 bits per heavy atom. The summed E-state index contributed by atoms with van der Waals surface area (Å²) in [7, 11) is 3.76. The highest BCUT2D eigenvalue weighted by Crippen LogP contribution is 2.45. The van der Waals surface area contributed by atoms with E-state index >= 15 is 0 Å². The van der Waals surface area contributed by atoms with E-state index in [-0.39, 0.29) is 23.9 Å². The zero-order valence-corrected chi connectivity index (χ0v) is 20.4. The van der Waals surface area contributed by atoms with Crippen LogP contribution in [0.3, 0.4) is 0 Å². The average Bonchev–Trinajstić information content (AvgIpc) is 3.23. The normalized spacial score (nSPS) is 32.0. The standard InChI is InChI=1S/C23H34N8O4/c1-21(2)8-9-35-16-12(6-5-7-13(16)21)18(32)27-15-11-31-20(25)26-14(10-30(3)4)17-22(31,23(15,33)34)29-19(24)28-17/h5-7,14-15,17,33-34H,8-11H2,1-4H3,(H2,25,26)(H,27,32)(H3,24,28,29)/t14-,15?,17-,22-/m0/s1. The van der Waals surface area contributed by atoms with Gasteiger partial charge in [0.25, 0.3) is 5.91 Å². The summed E-state index contributed by atoms with van der Waals surface area (Å²) in [4.78, 5) is 25.9. The second kappa shape index (κ2) is 7.70. The molecule has 4 atom stereocenters. The largest absolute Gasteiger partial charge is 0.492 e. The van der Waals surface area contributed by atoms with Gasteiger partial charge in [0, 0.05) is 18.7 Å². The second-order valence-corrected chi connectivity index (χ2v) is 10.7. The minimum Gasteiger partial charge on any atom is -0.492 e. The van der Waals surface area contributed by atoms with Crippen LogP contribution >= 0.6 is 0 Å². The van der Waals surface area contributed by atoms with Crippen LogP contribution in [0.4, 0.5) is 0 Å². The highest BCUT2D eigenvalue weighted by Gasteiger charge is 2.73. The molecule has 0 aliphatic carbocycles. The van der Waals surface area contributed by atoms with E-state index in [0.29, 0.717) is 24.5 Å². The number of hydrogen-bond acceptors (Lipinski definition) is 11. The molecule has 1 unspecified atom stereocenters. The number of likely N-dealkylation sites (N-methyl/N-ethyl adjacent to an activating group) is 1. The van der Waals surface area contributed by atoms with Gasteiger partial charge in [0.05, 0.1) is 18.2 Å². The van der Waals surface area contributed by atoms with Crippen LogP contribution in [0.1, 0.15) is 36.2 Å². The lowest BCUT2D eigenvalue weighted by Gasteiger charge is -2.49. The fourth-order valence-corrected chi connectivity index (χ4v) is 5.79. The number of aliphatic hydroxyl groups is 2. The smallest absolute Gasteiger partial charge is 0.255 e. The molecule has 1 aromatic carbocycles. The molecule has 8 N–H and O–H groups in total. The number of para-hydroxylation sites is 1. The highest BCUT2D eigenvalue weighted by molar-refractivity contribution is 5.98. The maximum atomic E-state index is 13.4. The van der Waals surface area contributed by atoms with Crippen LogP contribution in [0.25, 0.3) is 0 Å². The van der Waals surface area contributed by atoms with Gasteiger partial charge in [0.15, 0.2) is 17.6 Å². The topological polar surface area (TPSA) is 174 Å². The molecule has 1 fully saturated rings. The number of amides is 1. The van der Waals surface area contributed by atoms with Gasteiger partial charge in [0.2, 0.25) is 5.79 Å². The maximum absolute atomic E-state index is 13.4. The minimum atomic E-state index is -2.47. The number of ether oxygens (including phenoxy) is 1. The molecule has 12 heteroatoms. The number of nitrogens with two attached hydrogens (primary N) is 2. The molecule has 0 aromatic heterocycles. The summed E-state index contributed by atoms with van der Waals surface area (Å²) >= 11 is 0. The Morgan fingerprint density at radius 1 is 1.31 bits per heavy atom. The third kappa shape index (κ3) is 3.34. The Morgan fingerprint density at radius 3 is 2.77 bits per heavy atom. The lowest BCUT2D eigenvalue weighted by atomic mass is 9.79. The van der Waals surface area contributed by atoms with Crippen LogP contribution in [0, 0.1) is 0 Å². The summed E-state index contributed by atoms with van der Waals surface area (Å²) in [6, 6.07) is 3.11. The van der Waals surface area contributed by atoms with Crippen molar-refractivity contribution in [3.63, 3.8) is 0 Å². The van der Waals surface area contributed by atoms with Crippen LogP contribution in [0.5, 0.6) is 5.75 Å². The van der Waals surface area contributed by atoms with Gasteiger partial charge in [0.1, 0.15) is 17.8 Å². The van der Waals surface area contributed by atoms with Gasteiger partial charge in [-0.25, -0.2) is 9.98 Å². The molecular weight excluding hydrogens is 452 g/mol. The monoisotopic (exact) mass is 486 g/mol. The molecule has 1 spiro atoms. The van der Waals surface area contributed by atoms with Crippen molar-refractivity contribution in [3.05, 3.63) is 29.3 Å². The zero-order chi connectivity index (χ0) is 25.3. The molecular formula is C23H34N8O4. The first-order chi connectivity index (χ1) is 16.4. The van der Waals surface area contributed by atoms with Crippen molar-refractivity contribution in [1.82, 2.24) is 20.4 Å². The van der Waals surface area contributed by atoms with E-state index in [2.05, 4.69) is 34.5 Å². The molecule has 4 aliphatic heterocycles. The van der Waals surface area contributed by atoms with Crippen LogP contribution in [0.15, 0.2) is 28.2 Å². The van der Waals surface area contributed by atoms with Gasteiger partial charge in [-0.2, -0.15) is 0 Å². The van der Waals surface area contributed by atoms with Crippen molar-refractivity contribution in [1.29, 1.82) is 0 Å². The summed E-state index contributed by atoms with van der Waals surface area (Å²) < 4.78 is 5.89. The summed E-state index contributed by atoms with van der Waals surface area (Å²) in [5, 5.41) is 28.9. The number of aliphatic imine (C=N–C) groups is 2. The highest BCUT2D eigenvalue weighted by atomic mass is 16.5. The van der Waals surface area contributed by atoms with Crippen LogP contribution in [-0.2, 0) is 5.41 Å². The fraction of sp³-hybridized carbons (Fsp3) is 0.609. The Kier molecular flexibility index (Phi) is 5.20. The van der Waals surface area contributed by atoms with Crippen molar-refractivity contribution in [2.24, 2.45) is 21.5 Å². The van der Waals surface area contributed by atoms with Crippen LogP contribution < -0.4 is 26.8 Å². The predicted octanol–water partition coefficient (Wildman–Crippen LogP) is -1.92. The number of benzene rings is 1. The first kappa shape index (κ1) is 23.6. The van der Waals surface area contributed by atoms with Crippen molar-refractivity contribution in [3.8, 4) is 5.75 Å². The lowest BCUT2D eigenvalue weighted by Crippen LogP contribution is -2.78. The van der Waals surface area contributed by atoms with E-state index in [1.54, 1.807) is 6.07 Å². The number of nitrogens with zero attached hydrogens (tertiary/aromatic N) is 4. The first-order valence-corrected chi connectivity index (χ1v) is 11.8. The molecule has 1 saturated heterocycles. The second-order valence-electron chi connectivity index (χ2n) is 10.7. The van der Waals surface area contributed by atoms with Crippen molar-refractivity contribution in [2.75, 3.05) is 33.8 Å². The van der Waals surface area contributed by atoms with E-state index in [9.17, 15) is 15.0 Å². The van der Waals surface area contributed by atoms with Crippen molar-refractivity contribution in [2.45, 2.75) is 55.3 Å². The van der Waals surface area contributed by atoms with Gasteiger partial charge in [-0.05, 0) is 32.0 Å². The molecule has 35 heavy (non-hydrogen) atoms. The van der Waals surface area contributed by atoms with E-state index in [4.69, 9.17) is 16.2 Å². The van der Waals surface area contributed by atoms with E-state index in [1.807, 2.05) is 31.1 Å². The summed E-state index contributed by atoms with van der Waals surface area (Å²) in [5.41, 5.74) is 11.9. The molecule has 0 radical (unpaired) electrons. The number of carbonyl (C=O) groups excluding carboxylic acids is 1. The molecule has 0 saturated carbocycles. The predicted molar refractivity (Wildman–Crippen MR) is 130 cm³/mol. The Bertz CT molecular complexity index is 1120. The summed E-state index contributed by atoms with van der Waals surface area (Å²) in [6.07, 6.45) is 0.836. The van der Waals surface area contributed by atoms with Gasteiger partial charge in [-0.1, -0.05) is 26.0 Å². The molecule has 4 aliphatic rings. The van der Waals surface area contributed by atoms with E-state index in [0.717, 1.165) is 12.0 Å². The summed E-state index contributed by atoms with van der Waals surface area (Å²) in [6.45, 7) is 5.18. The maximum Gasteiger partial charge on any atom is 0.255 e. The van der Waals surface area contributed by atoms with Gasteiger partial charge < -0.3 is 46.9 Å². The zero-order valence-electron chi connectivity index (χ0n) is 20.4. The number of guanidine groups is 2. The third-order valence-corrected chi connectivity index (χ3v) is 7.62. The van der Waals surface area contributed by atoms with Gasteiger partial charge in [-0.3, -0.25) is 4.79 Å². The Hall–Kier alpha value is -3.09. The first-order valence-electron chi connectivity index (χ1n) is 11.8. The average molecular weight is 487 g/mol. The number of fused-ring (bicyclic) bond motifs is 1. The number of carbonyl (C=O) groups is 1. The molecule has 5 rings (SSSR count). The molecule has 4 heterocycles. The third-order valence-electron chi connectivity index (χ3n) is 7.62. The Labute approximate surface area is 204 Å². The van der Waals surface area contributed by atoms with Gasteiger partial charge >= 0.3 is 0 Å². The number of hydrogen-bond donors (Lipinski definition) is 6. The molecule has 0 bridgehead atoms. The van der Waals surface area contributed by atoms with Crippen molar-refractivity contribution < 1.29 is 19.7 Å². The number of rotatable bonds is 4. The molecule has 1 amide bonds. The Balaban J connectivity index is 1.48. The fourth-order valence-electron chi connectivity index (χ4n) is 5.79. The SMILES string of the molecule is CN(C)C[C@@H]1N=C(N)N2CC(NC(=O)c3cccc4c3OCCC4(C)C)C(O)(O)[C@@]23NC(N)=N[C@@H]13.